The summed E-state index contributed by atoms with van der Waals surface area (Å²) in [5.74, 6) is 0.344. The highest BCUT2D eigenvalue weighted by Crippen LogP contribution is 2.33. The van der Waals surface area contributed by atoms with Crippen molar-refractivity contribution in [2.24, 2.45) is 29.4 Å². The molecule has 3 saturated heterocycles. The molecule has 4 aliphatic rings. The summed E-state index contributed by atoms with van der Waals surface area (Å²) in [6.07, 6.45) is 8.40. The molecule has 0 aromatic carbocycles. The van der Waals surface area contributed by atoms with Crippen molar-refractivity contribution >= 4 is 11.9 Å². The molecule has 1 aliphatic carbocycles. The largest absolute Gasteiger partial charge is 0.469 e. The maximum atomic E-state index is 13.5. The molecular weight excluding hydrogens is 396 g/mol. The van der Waals surface area contributed by atoms with Crippen LogP contribution in [-0.2, 0) is 19.1 Å². The van der Waals surface area contributed by atoms with Crippen LogP contribution in [0.4, 0.5) is 0 Å². The van der Waals surface area contributed by atoms with Crippen LogP contribution in [0.15, 0.2) is 0 Å². The maximum absolute atomic E-state index is 13.5. The maximum Gasteiger partial charge on any atom is 0.316 e. The van der Waals surface area contributed by atoms with Crippen molar-refractivity contribution in [2.45, 2.75) is 82.9 Å². The average molecular weight is 438 g/mol. The van der Waals surface area contributed by atoms with Gasteiger partial charge in [-0.15, -0.1) is 0 Å². The third-order valence-electron chi connectivity index (χ3n) is 8.53. The predicted molar refractivity (Wildman–Crippen MR) is 116 cm³/mol. The van der Waals surface area contributed by atoms with Gasteiger partial charge in [0.1, 0.15) is 11.8 Å². The van der Waals surface area contributed by atoms with Crippen LogP contribution in [-0.4, -0.2) is 68.7 Å². The smallest absolute Gasteiger partial charge is 0.316 e. The molecule has 31 heavy (non-hydrogen) atoms. The van der Waals surface area contributed by atoms with E-state index in [-0.39, 0.29) is 36.3 Å². The van der Waals surface area contributed by atoms with Crippen LogP contribution in [0.1, 0.15) is 58.3 Å². The van der Waals surface area contributed by atoms with Crippen LogP contribution in [0.25, 0.3) is 0 Å². The van der Waals surface area contributed by atoms with E-state index in [1.807, 2.05) is 4.90 Å². The van der Waals surface area contributed by atoms with E-state index >= 15 is 0 Å². The number of hydrogen-bond acceptors (Lipinski definition) is 6. The third-order valence-corrected chi connectivity index (χ3v) is 8.53. The van der Waals surface area contributed by atoms with Crippen LogP contribution >= 0.6 is 0 Å². The molecular formula is C23H41N4O4+. The zero-order valence-corrected chi connectivity index (χ0v) is 19.3. The Morgan fingerprint density at radius 2 is 1.97 bits per heavy atom. The molecule has 3 heterocycles. The van der Waals surface area contributed by atoms with Crippen molar-refractivity contribution in [2.75, 3.05) is 27.3 Å². The Morgan fingerprint density at radius 1 is 1.23 bits per heavy atom. The van der Waals surface area contributed by atoms with E-state index in [0.29, 0.717) is 24.4 Å². The third kappa shape index (κ3) is 4.49. The number of nitrogens with two attached hydrogens (primary N) is 1. The number of rotatable bonds is 5. The highest BCUT2D eigenvalue weighted by Gasteiger charge is 2.56. The topological polar surface area (TPSA) is 98.3 Å². The summed E-state index contributed by atoms with van der Waals surface area (Å²) in [6, 6.07) is 0. The van der Waals surface area contributed by atoms with Crippen LogP contribution in [0.2, 0.25) is 0 Å². The number of nitrogens with zero attached hydrogens (tertiary/aromatic N) is 1. The van der Waals surface area contributed by atoms with E-state index in [2.05, 4.69) is 12.2 Å². The minimum atomic E-state index is -0.435. The first-order valence-corrected chi connectivity index (χ1v) is 12.2. The van der Waals surface area contributed by atoms with Gasteiger partial charge in [0.2, 0.25) is 5.91 Å². The van der Waals surface area contributed by atoms with Gasteiger partial charge < -0.3 is 19.3 Å². The SMILES string of the molecule is COC(=O)C1CC2C(=O)N3CCCC(C)C3NC2[NH+](CCC2CCC(OC)CC2)C1N. The van der Waals surface area contributed by atoms with Crippen molar-refractivity contribution in [1.82, 2.24) is 10.2 Å². The molecule has 1 saturated carbocycles. The number of esters is 1. The van der Waals surface area contributed by atoms with Crippen LogP contribution < -0.4 is 16.0 Å². The molecule has 8 nitrogen and oxygen atoms in total. The molecule has 8 heteroatoms. The van der Waals surface area contributed by atoms with Crippen molar-refractivity contribution in [3.8, 4) is 0 Å². The van der Waals surface area contributed by atoms with Crippen molar-refractivity contribution in [3.63, 3.8) is 0 Å². The lowest BCUT2D eigenvalue weighted by Gasteiger charge is -2.54. The molecule has 4 rings (SSSR count). The van der Waals surface area contributed by atoms with Gasteiger partial charge in [-0.3, -0.25) is 15.3 Å². The minimum absolute atomic E-state index is 0.0273. The minimum Gasteiger partial charge on any atom is -0.469 e. The van der Waals surface area contributed by atoms with Crippen molar-refractivity contribution < 1.29 is 24.0 Å². The number of methoxy groups -OCH3 is 2. The Morgan fingerprint density at radius 3 is 2.65 bits per heavy atom. The Hall–Kier alpha value is -1.22. The summed E-state index contributed by atoms with van der Waals surface area (Å²) >= 11 is 0. The quantitative estimate of drug-likeness (QED) is 0.527. The van der Waals surface area contributed by atoms with Gasteiger partial charge in [-0.05, 0) is 63.2 Å². The van der Waals surface area contributed by atoms with Gasteiger partial charge >= 0.3 is 5.97 Å². The second-order valence-corrected chi connectivity index (χ2v) is 10.2. The molecule has 0 bridgehead atoms. The van der Waals surface area contributed by atoms with Gasteiger partial charge in [0.25, 0.3) is 0 Å². The first kappa shape index (κ1) is 23.0. The summed E-state index contributed by atoms with van der Waals surface area (Å²) in [6.45, 7) is 3.90. The number of hydrogen-bond donors (Lipinski definition) is 3. The molecule has 176 valence electrons. The summed E-state index contributed by atoms with van der Waals surface area (Å²) in [5.41, 5.74) is 6.69. The molecule has 0 aromatic heterocycles. The number of fused-ring (bicyclic) bond motifs is 2. The molecule has 0 radical (unpaired) electrons. The fraction of sp³-hybridized carbons (Fsp3) is 0.913. The highest BCUT2D eigenvalue weighted by atomic mass is 16.5. The van der Waals surface area contributed by atoms with Gasteiger partial charge in [0.15, 0.2) is 12.3 Å². The summed E-state index contributed by atoms with van der Waals surface area (Å²) in [7, 11) is 3.22. The number of piperidine rings is 2. The fourth-order valence-corrected chi connectivity index (χ4v) is 6.58. The second kappa shape index (κ2) is 9.73. The number of amides is 1. The molecule has 3 aliphatic heterocycles. The van der Waals surface area contributed by atoms with Gasteiger partial charge in [-0.2, -0.15) is 0 Å². The zero-order chi connectivity index (χ0) is 22.1. The first-order valence-electron chi connectivity index (χ1n) is 12.2. The Balaban J connectivity index is 1.51. The molecule has 4 fully saturated rings. The first-order chi connectivity index (χ1) is 14.9. The fourth-order valence-electron chi connectivity index (χ4n) is 6.58. The lowest BCUT2D eigenvalue weighted by Crippen LogP contribution is -3.26. The van der Waals surface area contributed by atoms with Gasteiger partial charge in [-0.1, -0.05) is 6.92 Å². The highest BCUT2D eigenvalue weighted by molar-refractivity contribution is 5.82. The van der Waals surface area contributed by atoms with Gasteiger partial charge in [-0.25, -0.2) is 5.32 Å². The van der Waals surface area contributed by atoms with E-state index in [9.17, 15) is 9.59 Å². The summed E-state index contributed by atoms with van der Waals surface area (Å²) in [4.78, 5) is 29.2. The van der Waals surface area contributed by atoms with Crippen molar-refractivity contribution in [1.29, 1.82) is 0 Å². The molecule has 4 N–H and O–H groups in total. The van der Waals surface area contributed by atoms with Crippen molar-refractivity contribution in [3.05, 3.63) is 0 Å². The lowest BCUT2D eigenvalue weighted by atomic mass is 9.79. The number of nitrogens with one attached hydrogen (secondary N) is 2. The van der Waals surface area contributed by atoms with Gasteiger partial charge in [0.05, 0.1) is 25.9 Å². The summed E-state index contributed by atoms with van der Waals surface area (Å²) in [5, 5.41) is 3.82. The Bertz CT molecular complexity index is 653. The standard InChI is InChI=1S/C23H40N4O4/c1-14-5-4-11-27-20(14)25-21-18(22(27)28)13-17(23(29)31-3)19(24)26(21)12-10-15-6-8-16(30-2)9-7-15/h14-21,25H,4-13,24H2,1-3H3/p+1. The Labute approximate surface area is 186 Å². The monoisotopic (exact) mass is 437 g/mol. The van der Waals surface area contributed by atoms with E-state index in [4.69, 9.17) is 15.2 Å². The molecule has 0 spiro atoms. The Kier molecular flexibility index (Phi) is 7.20. The van der Waals surface area contributed by atoms with Crippen LogP contribution in [0, 0.1) is 23.7 Å². The number of ether oxygens (including phenoxy) is 2. The van der Waals surface area contributed by atoms with Crippen LogP contribution in [0.5, 0.6) is 0 Å². The molecule has 0 aromatic rings. The normalized spacial score (nSPS) is 43.2. The molecule has 7 atom stereocenters. The average Bonchev–Trinajstić information content (AvgIpc) is 2.79. The summed E-state index contributed by atoms with van der Waals surface area (Å²) < 4.78 is 10.6. The lowest BCUT2D eigenvalue weighted by molar-refractivity contribution is -0.965. The molecule has 1 amide bonds. The van der Waals surface area contributed by atoms with E-state index in [0.717, 1.165) is 50.1 Å². The predicted octanol–water partition coefficient (Wildman–Crippen LogP) is 0.0744. The molecule has 7 unspecified atom stereocenters. The van der Waals surface area contributed by atoms with Gasteiger partial charge in [0, 0.05) is 13.7 Å². The second-order valence-electron chi connectivity index (χ2n) is 10.2. The number of likely N-dealkylation sites (tertiary alicyclic amines) is 1. The number of quaternary nitrogens is 1. The van der Waals surface area contributed by atoms with Crippen LogP contribution in [0.3, 0.4) is 0 Å². The van der Waals surface area contributed by atoms with E-state index < -0.39 is 5.92 Å². The van der Waals surface area contributed by atoms with E-state index in [1.54, 1.807) is 7.11 Å². The number of carbonyl (C=O) groups excluding carboxylic acids is 2. The number of carbonyl (C=O) groups is 2. The zero-order valence-electron chi connectivity index (χ0n) is 19.3. The van der Waals surface area contributed by atoms with E-state index in [1.165, 1.54) is 20.0 Å².